The van der Waals surface area contributed by atoms with Crippen molar-refractivity contribution in [2.75, 3.05) is 5.73 Å². The van der Waals surface area contributed by atoms with Crippen LogP contribution in [0.25, 0.3) is 10.7 Å². The lowest BCUT2D eigenvalue weighted by molar-refractivity contribution is -0.274. The molecule has 3 aromatic rings. The summed E-state index contributed by atoms with van der Waals surface area (Å²) in [6.45, 7) is 0. The maximum Gasteiger partial charge on any atom is 0.573 e. The van der Waals surface area contributed by atoms with Gasteiger partial charge in [-0.3, -0.25) is 9.78 Å². The SMILES string of the molecule is Nc1cc(C(=O)Cc2nnc(-c3ccccn3)s2)ccc1OC(F)(F)F. The lowest BCUT2D eigenvalue weighted by Crippen LogP contribution is -2.18. The van der Waals surface area contributed by atoms with Crippen LogP contribution in [-0.2, 0) is 6.42 Å². The molecule has 0 amide bonds. The second-order valence-electron chi connectivity index (χ2n) is 5.12. The molecular weight excluding hydrogens is 369 g/mol. The number of alkyl halides is 3. The third kappa shape index (κ3) is 4.33. The number of pyridine rings is 1. The van der Waals surface area contributed by atoms with Gasteiger partial charge >= 0.3 is 6.36 Å². The minimum atomic E-state index is -4.85. The lowest BCUT2D eigenvalue weighted by atomic mass is 10.1. The minimum Gasteiger partial charge on any atom is -0.404 e. The van der Waals surface area contributed by atoms with Crippen molar-refractivity contribution in [1.82, 2.24) is 15.2 Å². The van der Waals surface area contributed by atoms with Crippen molar-refractivity contribution in [2.45, 2.75) is 12.8 Å². The van der Waals surface area contributed by atoms with E-state index in [1.165, 1.54) is 17.4 Å². The van der Waals surface area contributed by atoms with Gasteiger partial charge in [0, 0.05) is 11.8 Å². The van der Waals surface area contributed by atoms with Crippen molar-refractivity contribution in [1.29, 1.82) is 0 Å². The number of halogens is 3. The monoisotopic (exact) mass is 380 g/mol. The van der Waals surface area contributed by atoms with Gasteiger partial charge in [0.1, 0.15) is 10.7 Å². The predicted molar refractivity (Wildman–Crippen MR) is 88.7 cm³/mol. The summed E-state index contributed by atoms with van der Waals surface area (Å²) >= 11 is 1.21. The highest BCUT2D eigenvalue weighted by Crippen LogP contribution is 2.29. The van der Waals surface area contributed by atoms with Gasteiger partial charge in [-0.1, -0.05) is 17.4 Å². The first-order valence-corrected chi connectivity index (χ1v) is 8.06. The Bertz CT molecular complexity index is 929. The summed E-state index contributed by atoms with van der Waals surface area (Å²) in [6, 6.07) is 8.72. The van der Waals surface area contributed by atoms with Crippen LogP contribution in [0.1, 0.15) is 15.4 Å². The number of rotatable bonds is 5. The fourth-order valence-electron chi connectivity index (χ4n) is 2.10. The molecule has 1 aromatic carbocycles. The molecular formula is C16H11F3N4O2S. The Kier molecular flexibility index (Phi) is 4.85. The summed E-state index contributed by atoms with van der Waals surface area (Å²) in [7, 11) is 0. The van der Waals surface area contributed by atoms with Crippen molar-refractivity contribution >= 4 is 22.8 Å². The van der Waals surface area contributed by atoms with Crippen molar-refractivity contribution in [2.24, 2.45) is 0 Å². The fourth-order valence-corrected chi connectivity index (χ4v) is 2.91. The Morgan fingerprint density at radius 3 is 2.65 bits per heavy atom. The van der Waals surface area contributed by atoms with Gasteiger partial charge in [-0.15, -0.1) is 23.4 Å². The molecule has 0 spiro atoms. The van der Waals surface area contributed by atoms with E-state index in [-0.39, 0.29) is 23.5 Å². The van der Waals surface area contributed by atoms with Crippen LogP contribution in [0.4, 0.5) is 18.9 Å². The third-order valence-electron chi connectivity index (χ3n) is 3.22. The topological polar surface area (TPSA) is 91.0 Å². The van der Waals surface area contributed by atoms with Gasteiger partial charge in [-0.25, -0.2) is 0 Å². The fraction of sp³-hybridized carbons (Fsp3) is 0.125. The minimum absolute atomic E-state index is 0.0522. The number of hydrogen-bond acceptors (Lipinski definition) is 7. The Hall–Kier alpha value is -3.01. The van der Waals surface area contributed by atoms with Gasteiger partial charge in [-0.05, 0) is 30.3 Å². The molecule has 0 aliphatic carbocycles. The highest BCUT2D eigenvalue weighted by Gasteiger charge is 2.32. The van der Waals surface area contributed by atoms with Gasteiger partial charge in [0.15, 0.2) is 16.5 Å². The summed E-state index contributed by atoms with van der Waals surface area (Å²) in [5, 5.41) is 8.97. The number of aromatic nitrogens is 3. The maximum absolute atomic E-state index is 12.3. The number of nitrogens with two attached hydrogens (primary N) is 1. The van der Waals surface area contributed by atoms with E-state index in [2.05, 4.69) is 19.9 Å². The van der Waals surface area contributed by atoms with Crippen molar-refractivity contribution in [3.63, 3.8) is 0 Å². The maximum atomic E-state index is 12.3. The zero-order chi connectivity index (χ0) is 18.7. The van der Waals surface area contributed by atoms with Crippen molar-refractivity contribution in [3.8, 4) is 16.5 Å². The van der Waals surface area contributed by atoms with Gasteiger partial charge in [0.25, 0.3) is 0 Å². The first-order chi connectivity index (χ1) is 12.3. The number of nitrogen functional groups attached to an aromatic ring is 1. The molecule has 0 aliphatic rings. The van der Waals surface area contributed by atoms with E-state index < -0.39 is 12.1 Å². The average Bonchev–Trinajstić information content (AvgIpc) is 3.05. The predicted octanol–water partition coefficient (Wildman–Crippen LogP) is 3.51. The van der Waals surface area contributed by atoms with E-state index in [0.717, 1.165) is 12.1 Å². The highest BCUT2D eigenvalue weighted by molar-refractivity contribution is 7.14. The van der Waals surface area contributed by atoms with Gasteiger partial charge in [0.05, 0.1) is 12.1 Å². The second kappa shape index (κ2) is 7.08. The van der Waals surface area contributed by atoms with Crippen LogP contribution in [0.3, 0.4) is 0 Å². The Morgan fingerprint density at radius 2 is 2.00 bits per heavy atom. The summed E-state index contributed by atoms with van der Waals surface area (Å²) < 4.78 is 40.5. The van der Waals surface area contributed by atoms with E-state index in [4.69, 9.17) is 5.73 Å². The first-order valence-electron chi connectivity index (χ1n) is 7.24. The normalized spacial score (nSPS) is 11.3. The largest absolute Gasteiger partial charge is 0.573 e. The van der Waals surface area contributed by atoms with Crippen molar-refractivity contribution in [3.05, 3.63) is 53.2 Å². The summed E-state index contributed by atoms with van der Waals surface area (Å²) in [6.07, 6.45) is -3.29. The Morgan fingerprint density at radius 1 is 1.19 bits per heavy atom. The first kappa shape index (κ1) is 17.8. The van der Waals surface area contributed by atoms with Crippen LogP contribution in [0.5, 0.6) is 5.75 Å². The Labute approximate surface area is 149 Å². The van der Waals surface area contributed by atoms with E-state index in [1.807, 2.05) is 6.07 Å². The molecule has 0 unspecified atom stereocenters. The second-order valence-corrected chi connectivity index (χ2v) is 6.18. The van der Waals surface area contributed by atoms with E-state index in [0.29, 0.717) is 15.7 Å². The third-order valence-corrected chi connectivity index (χ3v) is 4.17. The number of ether oxygens (including phenoxy) is 1. The number of Topliss-reactive ketones (excluding diaryl/α,β-unsaturated/α-hetero) is 1. The average molecular weight is 380 g/mol. The molecule has 26 heavy (non-hydrogen) atoms. The number of carbonyl (C=O) groups excluding carboxylic acids is 1. The Balaban J connectivity index is 1.72. The quantitative estimate of drug-likeness (QED) is 0.538. The number of benzene rings is 1. The standard InChI is InChI=1S/C16H11F3N4O2S/c17-16(18,19)25-13-5-4-9(7-10(13)20)12(24)8-14-22-23-15(26-14)11-3-1-2-6-21-11/h1-7H,8,20H2. The number of carbonyl (C=O) groups is 1. The molecule has 10 heteroatoms. The summed E-state index contributed by atoms with van der Waals surface area (Å²) in [5.74, 6) is -0.901. The molecule has 0 aliphatic heterocycles. The highest BCUT2D eigenvalue weighted by atomic mass is 32.1. The lowest BCUT2D eigenvalue weighted by Gasteiger charge is -2.11. The smallest absolute Gasteiger partial charge is 0.404 e. The summed E-state index contributed by atoms with van der Waals surface area (Å²) in [4.78, 5) is 16.5. The molecule has 6 nitrogen and oxygen atoms in total. The molecule has 0 saturated heterocycles. The van der Waals surface area contributed by atoms with Gasteiger partial charge < -0.3 is 10.5 Å². The number of ketones is 1. The van der Waals surface area contributed by atoms with Gasteiger partial charge in [0.2, 0.25) is 0 Å². The summed E-state index contributed by atoms with van der Waals surface area (Å²) in [5.41, 5.74) is 6.05. The van der Waals surface area contributed by atoms with Crippen LogP contribution in [0, 0.1) is 0 Å². The van der Waals surface area contributed by atoms with E-state index in [9.17, 15) is 18.0 Å². The van der Waals surface area contributed by atoms with Crippen LogP contribution >= 0.6 is 11.3 Å². The number of nitrogens with zero attached hydrogens (tertiary/aromatic N) is 3. The molecule has 0 radical (unpaired) electrons. The van der Waals surface area contributed by atoms with Gasteiger partial charge in [-0.2, -0.15) is 0 Å². The molecule has 2 N–H and O–H groups in total. The number of hydrogen-bond donors (Lipinski definition) is 1. The van der Waals surface area contributed by atoms with Crippen LogP contribution in [0.2, 0.25) is 0 Å². The van der Waals surface area contributed by atoms with E-state index in [1.54, 1.807) is 18.3 Å². The molecule has 0 atom stereocenters. The molecule has 0 fully saturated rings. The van der Waals surface area contributed by atoms with Crippen LogP contribution < -0.4 is 10.5 Å². The molecule has 2 aromatic heterocycles. The zero-order valence-electron chi connectivity index (χ0n) is 13.0. The zero-order valence-corrected chi connectivity index (χ0v) is 13.8. The van der Waals surface area contributed by atoms with Crippen LogP contribution in [0.15, 0.2) is 42.6 Å². The van der Waals surface area contributed by atoms with E-state index >= 15 is 0 Å². The molecule has 2 heterocycles. The molecule has 134 valence electrons. The number of anilines is 1. The van der Waals surface area contributed by atoms with Crippen molar-refractivity contribution < 1.29 is 22.7 Å². The molecule has 0 saturated carbocycles. The molecule has 3 rings (SSSR count). The molecule has 0 bridgehead atoms. The van der Waals surface area contributed by atoms with Crippen LogP contribution in [-0.4, -0.2) is 27.3 Å².